The molecule has 67 heavy (non-hydrogen) atoms. The third-order valence-corrected chi connectivity index (χ3v) is 15.9. The Labute approximate surface area is 392 Å². The SMILES string of the molecule is c1ccc(C2(c3ccccc3)c3ccccc3-c3ccc(N(c4ccc(-c5ccc6c7ccccc7c7ccccc7c6c5)cc4)c4cccc5c4-c4ccccc4C54CCCC4)cc32)cc1. The largest absolute Gasteiger partial charge is 0.310 e. The summed E-state index contributed by atoms with van der Waals surface area (Å²) in [6, 6.07) is 89.3. The highest BCUT2D eigenvalue weighted by Crippen LogP contribution is 2.61. The van der Waals surface area contributed by atoms with Crippen molar-refractivity contribution in [1.82, 2.24) is 0 Å². The zero-order valence-electron chi connectivity index (χ0n) is 37.3. The highest BCUT2D eigenvalue weighted by Gasteiger charge is 2.48. The van der Waals surface area contributed by atoms with Crippen LogP contribution in [0, 0.1) is 0 Å². The van der Waals surface area contributed by atoms with E-state index in [0.29, 0.717) is 0 Å². The number of hydrogen-bond acceptors (Lipinski definition) is 1. The molecule has 3 aliphatic carbocycles. The normalized spacial score (nSPS) is 14.9. The summed E-state index contributed by atoms with van der Waals surface area (Å²) < 4.78 is 0. The summed E-state index contributed by atoms with van der Waals surface area (Å²) in [7, 11) is 0. The molecule has 0 aliphatic heterocycles. The van der Waals surface area contributed by atoms with Crippen LogP contribution in [0.1, 0.15) is 59.1 Å². The molecule has 1 fully saturated rings. The van der Waals surface area contributed by atoms with E-state index >= 15 is 0 Å². The summed E-state index contributed by atoms with van der Waals surface area (Å²) in [4.78, 5) is 2.57. The first-order valence-electron chi connectivity index (χ1n) is 24.1. The van der Waals surface area contributed by atoms with Gasteiger partial charge in [-0.2, -0.15) is 0 Å². The van der Waals surface area contributed by atoms with E-state index < -0.39 is 5.41 Å². The fourth-order valence-corrected chi connectivity index (χ4v) is 13.1. The molecule has 3 aliphatic rings. The fraction of sp³-hybridized carbons (Fsp3) is 0.0909. The van der Waals surface area contributed by atoms with E-state index in [-0.39, 0.29) is 5.41 Å². The number of anilines is 3. The molecule has 11 aromatic rings. The lowest BCUT2D eigenvalue weighted by molar-refractivity contribution is 0.550. The lowest BCUT2D eigenvalue weighted by atomic mass is 9.67. The average molecular weight is 854 g/mol. The van der Waals surface area contributed by atoms with Gasteiger partial charge in [-0.15, -0.1) is 0 Å². The van der Waals surface area contributed by atoms with Crippen molar-refractivity contribution < 1.29 is 0 Å². The van der Waals surface area contributed by atoms with Crippen LogP contribution in [-0.4, -0.2) is 0 Å². The first kappa shape index (κ1) is 38.3. The molecule has 0 bridgehead atoms. The lowest BCUT2D eigenvalue weighted by Gasteiger charge is -2.35. The van der Waals surface area contributed by atoms with Gasteiger partial charge in [-0.05, 0) is 143 Å². The molecule has 0 heterocycles. The van der Waals surface area contributed by atoms with Crippen LogP contribution in [0.25, 0.3) is 65.7 Å². The van der Waals surface area contributed by atoms with Gasteiger partial charge in [-0.1, -0.05) is 213 Å². The van der Waals surface area contributed by atoms with Gasteiger partial charge in [0.1, 0.15) is 0 Å². The number of nitrogens with zero attached hydrogens (tertiary/aromatic N) is 1. The van der Waals surface area contributed by atoms with Crippen molar-refractivity contribution in [2.75, 3.05) is 4.90 Å². The molecular weight excluding hydrogens is 807 g/mol. The predicted octanol–water partition coefficient (Wildman–Crippen LogP) is 17.5. The van der Waals surface area contributed by atoms with Gasteiger partial charge in [0.15, 0.2) is 0 Å². The molecule has 0 radical (unpaired) electrons. The van der Waals surface area contributed by atoms with Gasteiger partial charge in [0, 0.05) is 22.4 Å². The van der Waals surface area contributed by atoms with Crippen LogP contribution in [0.15, 0.2) is 237 Å². The average Bonchev–Trinajstić information content (AvgIpc) is 4.10. The standard InChI is InChI=1S/C66H47N/c1-3-18-46(19-4-1)66(47-20-5-2-6-21-47)60-29-14-11-26-55(60)56-39-37-49(43-62(56)66)67(63-31-17-30-61-64(63)57-27-12-13-28-59(57)65(61)40-15-16-41-65)48-35-32-44(33-36-48)45-34-38-54-52-24-8-7-22-50(52)51-23-9-10-25-53(51)58(54)42-45/h1-14,17-39,42-43H,15-16,40-41H2. The molecule has 11 aromatic carbocycles. The van der Waals surface area contributed by atoms with Gasteiger partial charge in [-0.25, -0.2) is 0 Å². The second kappa shape index (κ2) is 14.8. The van der Waals surface area contributed by atoms with Gasteiger partial charge in [-0.3, -0.25) is 0 Å². The van der Waals surface area contributed by atoms with Gasteiger partial charge in [0.2, 0.25) is 0 Å². The van der Waals surface area contributed by atoms with Crippen molar-refractivity contribution in [1.29, 1.82) is 0 Å². The second-order valence-electron chi connectivity index (χ2n) is 19.0. The quantitative estimate of drug-likeness (QED) is 0.151. The van der Waals surface area contributed by atoms with Crippen molar-refractivity contribution in [3.63, 3.8) is 0 Å². The summed E-state index contributed by atoms with van der Waals surface area (Å²) in [5.41, 5.74) is 19.0. The minimum absolute atomic E-state index is 0.0540. The van der Waals surface area contributed by atoms with E-state index in [0.717, 1.165) is 11.4 Å². The van der Waals surface area contributed by atoms with Crippen LogP contribution in [0.4, 0.5) is 17.1 Å². The Morgan fingerprint density at radius 3 is 1.49 bits per heavy atom. The first-order chi connectivity index (χ1) is 33.2. The third kappa shape index (κ3) is 5.43. The maximum atomic E-state index is 2.57. The Morgan fingerprint density at radius 1 is 0.313 bits per heavy atom. The highest BCUT2D eigenvalue weighted by atomic mass is 15.1. The van der Waals surface area contributed by atoms with Crippen LogP contribution < -0.4 is 4.90 Å². The maximum Gasteiger partial charge on any atom is 0.0714 e. The molecule has 1 saturated carbocycles. The van der Waals surface area contributed by atoms with E-state index in [1.807, 2.05) is 0 Å². The van der Waals surface area contributed by atoms with Crippen LogP contribution in [0.2, 0.25) is 0 Å². The van der Waals surface area contributed by atoms with Crippen LogP contribution in [0.3, 0.4) is 0 Å². The zero-order chi connectivity index (χ0) is 44.1. The van der Waals surface area contributed by atoms with Gasteiger partial charge in [0.25, 0.3) is 0 Å². The lowest BCUT2D eigenvalue weighted by Crippen LogP contribution is -2.28. The maximum absolute atomic E-state index is 2.57. The number of rotatable bonds is 6. The zero-order valence-corrected chi connectivity index (χ0v) is 37.3. The molecule has 316 valence electrons. The second-order valence-corrected chi connectivity index (χ2v) is 19.0. The van der Waals surface area contributed by atoms with Crippen molar-refractivity contribution in [2.24, 2.45) is 0 Å². The van der Waals surface area contributed by atoms with Crippen molar-refractivity contribution in [2.45, 2.75) is 36.5 Å². The summed E-state index contributed by atoms with van der Waals surface area (Å²) in [5, 5.41) is 7.77. The summed E-state index contributed by atoms with van der Waals surface area (Å²) in [6.45, 7) is 0. The first-order valence-corrected chi connectivity index (χ1v) is 24.1. The molecule has 0 amide bonds. The minimum atomic E-state index is -0.509. The van der Waals surface area contributed by atoms with Gasteiger partial charge in [0.05, 0.1) is 11.1 Å². The van der Waals surface area contributed by atoms with Gasteiger partial charge < -0.3 is 4.90 Å². The van der Waals surface area contributed by atoms with E-state index in [2.05, 4.69) is 241 Å². The molecule has 1 spiro atoms. The molecular formula is C66H47N. The van der Waals surface area contributed by atoms with Crippen molar-refractivity contribution in [3.8, 4) is 33.4 Å². The number of benzene rings is 11. The van der Waals surface area contributed by atoms with E-state index in [1.54, 1.807) is 0 Å². The van der Waals surface area contributed by atoms with E-state index in [1.165, 1.54) is 130 Å². The summed E-state index contributed by atoms with van der Waals surface area (Å²) >= 11 is 0. The Morgan fingerprint density at radius 2 is 0.821 bits per heavy atom. The molecule has 14 rings (SSSR count). The summed E-state index contributed by atoms with van der Waals surface area (Å²) in [5.74, 6) is 0. The molecule has 0 saturated heterocycles. The topological polar surface area (TPSA) is 3.24 Å². The monoisotopic (exact) mass is 853 g/mol. The Kier molecular flexibility index (Phi) is 8.43. The van der Waals surface area contributed by atoms with Crippen LogP contribution >= 0.6 is 0 Å². The molecule has 0 unspecified atom stereocenters. The van der Waals surface area contributed by atoms with Crippen molar-refractivity contribution in [3.05, 3.63) is 270 Å². The minimum Gasteiger partial charge on any atom is -0.310 e. The molecule has 1 heteroatoms. The Bertz CT molecular complexity index is 3670. The molecule has 0 aromatic heterocycles. The highest BCUT2D eigenvalue weighted by molar-refractivity contribution is 6.25. The van der Waals surface area contributed by atoms with E-state index in [4.69, 9.17) is 0 Å². The number of fused-ring (bicyclic) bond motifs is 14. The molecule has 1 nitrogen and oxygen atoms in total. The van der Waals surface area contributed by atoms with E-state index in [9.17, 15) is 0 Å². The van der Waals surface area contributed by atoms with Crippen molar-refractivity contribution >= 4 is 49.4 Å². The van der Waals surface area contributed by atoms with Crippen LogP contribution in [-0.2, 0) is 10.8 Å². The fourth-order valence-electron chi connectivity index (χ4n) is 13.1. The van der Waals surface area contributed by atoms with Gasteiger partial charge >= 0.3 is 0 Å². The number of hydrogen-bond donors (Lipinski definition) is 0. The third-order valence-electron chi connectivity index (χ3n) is 15.9. The Hall–Kier alpha value is -8.00. The smallest absolute Gasteiger partial charge is 0.0714 e. The summed E-state index contributed by atoms with van der Waals surface area (Å²) in [6.07, 6.45) is 4.91. The molecule has 0 N–H and O–H groups in total. The molecule has 0 atom stereocenters. The van der Waals surface area contributed by atoms with Crippen LogP contribution in [0.5, 0.6) is 0 Å². The predicted molar refractivity (Wildman–Crippen MR) is 281 cm³/mol. The Balaban J connectivity index is 0.993.